The summed E-state index contributed by atoms with van der Waals surface area (Å²) in [5.41, 5.74) is 0. The average Bonchev–Trinajstić information content (AvgIpc) is 2.27. The van der Waals surface area contributed by atoms with E-state index in [-0.39, 0.29) is 25.0 Å². The number of urea groups is 1. The number of halogens is 1. The SMILES string of the molecule is COCC(C)NC(=O)NC(=O)CN(C)C(C)C(=O)O.Cl. The lowest BCUT2D eigenvalue weighted by molar-refractivity contribution is -0.142. The van der Waals surface area contributed by atoms with Crippen molar-refractivity contribution in [3.05, 3.63) is 0 Å². The van der Waals surface area contributed by atoms with Crippen molar-refractivity contribution in [2.75, 3.05) is 27.3 Å². The van der Waals surface area contributed by atoms with E-state index in [1.807, 2.05) is 0 Å². The minimum atomic E-state index is -1.03. The van der Waals surface area contributed by atoms with Gasteiger partial charge in [0.2, 0.25) is 5.91 Å². The Morgan fingerprint density at radius 3 is 2.30 bits per heavy atom. The van der Waals surface area contributed by atoms with E-state index in [0.29, 0.717) is 6.61 Å². The number of imide groups is 1. The van der Waals surface area contributed by atoms with Crippen molar-refractivity contribution < 1.29 is 24.2 Å². The van der Waals surface area contributed by atoms with E-state index in [0.717, 1.165) is 0 Å². The van der Waals surface area contributed by atoms with Gasteiger partial charge >= 0.3 is 12.0 Å². The first-order valence-corrected chi connectivity index (χ1v) is 5.80. The summed E-state index contributed by atoms with van der Waals surface area (Å²) in [4.78, 5) is 34.9. The first kappa shape index (κ1) is 20.9. The number of likely N-dealkylation sites (N-methyl/N-ethyl adjacent to an activating group) is 1. The quantitative estimate of drug-likeness (QED) is 0.594. The molecule has 0 saturated carbocycles. The minimum absolute atomic E-state index is 0. The Kier molecular flexibility index (Phi) is 10.9. The lowest BCUT2D eigenvalue weighted by Crippen LogP contribution is -2.49. The van der Waals surface area contributed by atoms with Gasteiger partial charge in [0, 0.05) is 7.11 Å². The van der Waals surface area contributed by atoms with Crippen LogP contribution in [0.15, 0.2) is 0 Å². The number of hydrogen-bond acceptors (Lipinski definition) is 5. The molecule has 0 radical (unpaired) electrons. The average molecular weight is 312 g/mol. The molecule has 0 heterocycles. The number of amides is 3. The third-order valence-corrected chi connectivity index (χ3v) is 2.46. The van der Waals surface area contributed by atoms with Crippen LogP contribution in [0.5, 0.6) is 0 Å². The maximum absolute atomic E-state index is 11.5. The smallest absolute Gasteiger partial charge is 0.321 e. The van der Waals surface area contributed by atoms with Gasteiger partial charge in [0.05, 0.1) is 19.2 Å². The van der Waals surface area contributed by atoms with E-state index >= 15 is 0 Å². The highest BCUT2D eigenvalue weighted by Crippen LogP contribution is 1.94. The van der Waals surface area contributed by atoms with Crippen LogP contribution in [0.4, 0.5) is 4.79 Å². The number of methoxy groups -OCH3 is 1. The number of carboxylic acid groups (broad SMARTS) is 1. The number of ether oxygens (including phenoxy) is 1. The lowest BCUT2D eigenvalue weighted by Gasteiger charge is -2.20. The fourth-order valence-corrected chi connectivity index (χ4v) is 1.27. The molecule has 0 saturated heterocycles. The van der Waals surface area contributed by atoms with Gasteiger partial charge in [-0.15, -0.1) is 12.4 Å². The largest absolute Gasteiger partial charge is 0.480 e. The van der Waals surface area contributed by atoms with Gasteiger partial charge < -0.3 is 15.2 Å². The molecule has 3 amide bonds. The summed E-state index contributed by atoms with van der Waals surface area (Å²) in [6, 6.07) is -1.67. The molecule has 0 aliphatic carbocycles. The van der Waals surface area contributed by atoms with Crippen molar-refractivity contribution in [1.29, 1.82) is 0 Å². The molecule has 2 unspecified atom stereocenters. The number of nitrogens with zero attached hydrogens (tertiary/aromatic N) is 1. The molecule has 3 N–H and O–H groups in total. The number of carbonyl (C=O) groups is 3. The molecule has 0 aliphatic heterocycles. The standard InChI is InChI=1S/C11H21N3O5.ClH/c1-7(6-19-4)12-11(18)13-9(15)5-14(3)8(2)10(16)17;/h7-8H,5-6H2,1-4H3,(H,16,17)(H2,12,13,15,18);1H. The molecule has 0 aromatic carbocycles. The van der Waals surface area contributed by atoms with Gasteiger partial charge in [0.15, 0.2) is 0 Å². The molecule has 2 atom stereocenters. The van der Waals surface area contributed by atoms with Crippen LogP contribution >= 0.6 is 12.4 Å². The number of aliphatic carboxylic acids is 1. The van der Waals surface area contributed by atoms with Crippen LogP contribution in [0, 0.1) is 0 Å². The van der Waals surface area contributed by atoms with Crippen LogP contribution in [0.1, 0.15) is 13.8 Å². The van der Waals surface area contributed by atoms with Crippen LogP contribution in [0.2, 0.25) is 0 Å². The van der Waals surface area contributed by atoms with Crippen molar-refractivity contribution >= 4 is 30.3 Å². The fourth-order valence-electron chi connectivity index (χ4n) is 1.27. The van der Waals surface area contributed by atoms with E-state index in [2.05, 4.69) is 10.6 Å². The normalized spacial score (nSPS) is 13.1. The lowest BCUT2D eigenvalue weighted by atomic mass is 10.3. The zero-order valence-corrected chi connectivity index (χ0v) is 12.8. The van der Waals surface area contributed by atoms with Crippen LogP contribution in [0.3, 0.4) is 0 Å². The first-order valence-electron chi connectivity index (χ1n) is 5.80. The second kappa shape index (κ2) is 10.4. The van der Waals surface area contributed by atoms with E-state index in [9.17, 15) is 14.4 Å². The number of carbonyl (C=O) groups excluding carboxylic acids is 2. The summed E-state index contributed by atoms with van der Waals surface area (Å²) >= 11 is 0. The number of rotatable bonds is 7. The highest BCUT2D eigenvalue weighted by atomic mass is 35.5. The molecular formula is C11H22ClN3O5. The molecule has 0 bridgehead atoms. The molecule has 0 spiro atoms. The Morgan fingerprint density at radius 2 is 1.85 bits per heavy atom. The molecule has 0 fully saturated rings. The summed E-state index contributed by atoms with van der Waals surface area (Å²) < 4.78 is 4.83. The van der Waals surface area contributed by atoms with E-state index in [1.165, 1.54) is 26.0 Å². The minimum Gasteiger partial charge on any atom is -0.480 e. The topological polar surface area (TPSA) is 108 Å². The van der Waals surface area contributed by atoms with Crippen molar-refractivity contribution in [3.8, 4) is 0 Å². The molecule has 20 heavy (non-hydrogen) atoms. The third kappa shape index (κ3) is 8.68. The van der Waals surface area contributed by atoms with Gasteiger partial charge in [-0.3, -0.25) is 19.8 Å². The maximum Gasteiger partial charge on any atom is 0.321 e. The van der Waals surface area contributed by atoms with E-state index in [4.69, 9.17) is 9.84 Å². The molecule has 0 aromatic rings. The second-order valence-electron chi connectivity index (χ2n) is 4.31. The maximum atomic E-state index is 11.5. The molecule has 0 aromatic heterocycles. The van der Waals surface area contributed by atoms with Crippen molar-refractivity contribution in [2.24, 2.45) is 0 Å². The predicted octanol–water partition coefficient (Wildman–Crippen LogP) is -0.326. The summed E-state index contributed by atoms with van der Waals surface area (Å²) in [5.74, 6) is -1.61. The zero-order valence-electron chi connectivity index (χ0n) is 12.0. The molecule has 0 aliphatic rings. The summed E-state index contributed by atoms with van der Waals surface area (Å²) in [6.07, 6.45) is 0. The van der Waals surface area contributed by atoms with E-state index < -0.39 is 23.9 Å². The van der Waals surface area contributed by atoms with Crippen LogP contribution in [-0.4, -0.2) is 67.3 Å². The van der Waals surface area contributed by atoms with Crippen LogP contribution < -0.4 is 10.6 Å². The van der Waals surface area contributed by atoms with Gasteiger partial charge in [-0.1, -0.05) is 0 Å². The Bertz CT molecular complexity index is 340. The summed E-state index contributed by atoms with van der Waals surface area (Å²) in [5, 5.41) is 13.4. The Labute approximate surface area is 124 Å². The highest BCUT2D eigenvalue weighted by molar-refractivity contribution is 5.95. The summed E-state index contributed by atoms with van der Waals surface area (Å²) in [6.45, 7) is 3.33. The number of hydrogen-bond donors (Lipinski definition) is 3. The monoisotopic (exact) mass is 311 g/mol. The van der Waals surface area contributed by atoms with Crippen LogP contribution in [0.25, 0.3) is 0 Å². The van der Waals surface area contributed by atoms with Gasteiger partial charge in [-0.25, -0.2) is 4.79 Å². The van der Waals surface area contributed by atoms with Gasteiger partial charge in [0.25, 0.3) is 0 Å². The highest BCUT2D eigenvalue weighted by Gasteiger charge is 2.20. The zero-order chi connectivity index (χ0) is 15.0. The number of carboxylic acids is 1. The molecule has 8 nitrogen and oxygen atoms in total. The molecule has 9 heteroatoms. The fraction of sp³-hybridized carbons (Fsp3) is 0.727. The second-order valence-corrected chi connectivity index (χ2v) is 4.31. The van der Waals surface area contributed by atoms with Gasteiger partial charge in [-0.05, 0) is 20.9 Å². The first-order chi connectivity index (χ1) is 8.77. The molecule has 0 rings (SSSR count). The van der Waals surface area contributed by atoms with Gasteiger partial charge in [0.1, 0.15) is 6.04 Å². The number of nitrogens with one attached hydrogen (secondary N) is 2. The summed E-state index contributed by atoms with van der Waals surface area (Å²) in [7, 11) is 2.99. The Balaban J connectivity index is 0. The van der Waals surface area contributed by atoms with Crippen LogP contribution in [-0.2, 0) is 14.3 Å². The molecular weight excluding hydrogens is 290 g/mol. The van der Waals surface area contributed by atoms with Crippen molar-refractivity contribution in [3.63, 3.8) is 0 Å². The predicted molar refractivity (Wildman–Crippen MR) is 75.0 cm³/mol. The van der Waals surface area contributed by atoms with Crippen molar-refractivity contribution in [1.82, 2.24) is 15.5 Å². The molecule has 118 valence electrons. The van der Waals surface area contributed by atoms with E-state index in [1.54, 1.807) is 6.92 Å². The third-order valence-electron chi connectivity index (χ3n) is 2.46. The Hall–Kier alpha value is -1.38. The van der Waals surface area contributed by atoms with Gasteiger partial charge in [-0.2, -0.15) is 0 Å². The van der Waals surface area contributed by atoms with Crippen molar-refractivity contribution in [2.45, 2.75) is 25.9 Å². The Morgan fingerprint density at radius 1 is 1.30 bits per heavy atom.